The van der Waals surface area contributed by atoms with Crippen LogP contribution in [0.5, 0.6) is 0 Å². The third kappa shape index (κ3) is 4.51. The SMILES string of the molecule is CC(C)(C)OC(=O)C1(C)CCN(c2ccc(C3CCC(=O)NC3=O)cn2)CC1. The number of rotatable bonds is 3. The van der Waals surface area contributed by atoms with Crippen LogP contribution in [0.15, 0.2) is 18.3 Å². The van der Waals surface area contributed by atoms with Crippen LogP contribution in [-0.2, 0) is 19.1 Å². The predicted molar refractivity (Wildman–Crippen MR) is 105 cm³/mol. The van der Waals surface area contributed by atoms with Crippen LogP contribution in [0.25, 0.3) is 0 Å². The van der Waals surface area contributed by atoms with Gasteiger partial charge in [0.2, 0.25) is 11.8 Å². The number of hydrogen-bond acceptors (Lipinski definition) is 6. The molecule has 1 aromatic heterocycles. The van der Waals surface area contributed by atoms with Crippen molar-refractivity contribution in [1.29, 1.82) is 0 Å². The van der Waals surface area contributed by atoms with Gasteiger partial charge in [-0.1, -0.05) is 6.07 Å². The summed E-state index contributed by atoms with van der Waals surface area (Å²) >= 11 is 0. The number of nitrogens with zero attached hydrogens (tertiary/aromatic N) is 2. The van der Waals surface area contributed by atoms with Gasteiger partial charge in [-0.2, -0.15) is 0 Å². The van der Waals surface area contributed by atoms with Crippen molar-refractivity contribution in [2.45, 2.75) is 64.9 Å². The molecule has 7 heteroatoms. The summed E-state index contributed by atoms with van der Waals surface area (Å²) in [6, 6.07) is 3.82. The number of amides is 2. The summed E-state index contributed by atoms with van der Waals surface area (Å²) in [5.41, 5.74) is -0.134. The standard InChI is InChI=1S/C21H29N3O4/c1-20(2,3)28-19(27)21(4)9-11-24(12-10-21)16-7-5-14(13-22-16)15-6-8-17(25)23-18(15)26/h5,7,13,15H,6,8-12H2,1-4H3,(H,23,25,26). The zero-order chi connectivity index (χ0) is 20.5. The lowest BCUT2D eigenvalue weighted by molar-refractivity contribution is -0.168. The van der Waals surface area contributed by atoms with Crippen molar-refractivity contribution >= 4 is 23.6 Å². The second-order valence-corrected chi connectivity index (χ2v) is 9.00. The van der Waals surface area contributed by atoms with E-state index in [0.29, 0.717) is 25.7 Å². The first kappa shape index (κ1) is 20.3. The molecule has 0 aliphatic carbocycles. The molecular formula is C21H29N3O4. The maximum Gasteiger partial charge on any atom is 0.312 e. The molecule has 1 aromatic rings. The fourth-order valence-electron chi connectivity index (χ4n) is 3.64. The third-order valence-corrected chi connectivity index (χ3v) is 5.49. The van der Waals surface area contributed by atoms with Gasteiger partial charge in [0.05, 0.1) is 11.3 Å². The first-order valence-electron chi connectivity index (χ1n) is 9.85. The Bertz CT molecular complexity index is 759. The fraction of sp³-hybridized carbons (Fsp3) is 0.619. The number of anilines is 1. The van der Waals surface area contributed by atoms with Gasteiger partial charge in [0, 0.05) is 25.7 Å². The van der Waals surface area contributed by atoms with Crippen molar-refractivity contribution in [3.05, 3.63) is 23.9 Å². The number of esters is 1. The van der Waals surface area contributed by atoms with Gasteiger partial charge in [-0.05, 0) is 58.6 Å². The quantitative estimate of drug-likeness (QED) is 0.633. The smallest absolute Gasteiger partial charge is 0.312 e. The van der Waals surface area contributed by atoms with E-state index in [4.69, 9.17) is 4.74 Å². The molecule has 1 N–H and O–H groups in total. The van der Waals surface area contributed by atoms with E-state index in [1.165, 1.54) is 0 Å². The Labute approximate surface area is 165 Å². The van der Waals surface area contributed by atoms with Gasteiger partial charge >= 0.3 is 5.97 Å². The third-order valence-electron chi connectivity index (χ3n) is 5.49. The van der Waals surface area contributed by atoms with Gasteiger partial charge in [0.15, 0.2) is 0 Å². The molecule has 1 unspecified atom stereocenters. The van der Waals surface area contributed by atoms with Crippen molar-refractivity contribution < 1.29 is 19.1 Å². The van der Waals surface area contributed by atoms with Crippen LogP contribution in [0.3, 0.4) is 0 Å². The molecule has 7 nitrogen and oxygen atoms in total. The van der Waals surface area contributed by atoms with Crippen LogP contribution in [0, 0.1) is 5.41 Å². The number of carbonyl (C=O) groups is 3. The van der Waals surface area contributed by atoms with Crippen molar-refractivity contribution in [2.24, 2.45) is 5.41 Å². The van der Waals surface area contributed by atoms with E-state index >= 15 is 0 Å². The minimum Gasteiger partial charge on any atom is -0.460 e. The number of pyridine rings is 1. The lowest BCUT2D eigenvalue weighted by atomic mass is 9.80. The van der Waals surface area contributed by atoms with E-state index in [1.54, 1.807) is 6.20 Å². The highest BCUT2D eigenvalue weighted by Crippen LogP contribution is 2.35. The van der Waals surface area contributed by atoms with Gasteiger partial charge in [0.1, 0.15) is 11.4 Å². The molecule has 0 spiro atoms. The van der Waals surface area contributed by atoms with E-state index in [2.05, 4.69) is 15.2 Å². The molecule has 1 atom stereocenters. The molecule has 28 heavy (non-hydrogen) atoms. The van der Waals surface area contributed by atoms with Crippen LogP contribution < -0.4 is 10.2 Å². The second-order valence-electron chi connectivity index (χ2n) is 9.00. The van der Waals surface area contributed by atoms with Crippen molar-refractivity contribution in [1.82, 2.24) is 10.3 Å². The summed E-state index contributed by atoms with van der Waals surface area (Å²) in [7, 11) is 0. The van der Waals surface area contributed by atoms with E-state index < -0.39 is 11.0 Å². The minimum atomic E-state index is -0.482. The molecule has 2 aliphatic heterocycles. The Kier molecular flexibility index (Phi) is 5.46. The number of piperidine rings is 2. The van der Waals surface area contributed by atoms with Crippen LogP contribution in [0.4, 0.5) is 5.82 Å². The molecule has 2 fully saturated rings. The molecule has 0 radical (unpaired) electrons. The number of imide groups is 1. The topological polar surface area (TPSA) is 88.6 Å². The Morgan fingerprint density at radius 3 is 2.46 bits per heavy atom. The lowest BCUT2D eigenvalue weighted by Crippen LogP contribution is -2.45. The van der Waals surface area contributed by atoms with Gasteiger partial charge in [0.25, 0.3) is 0 Å². The Hall–Kier alpha value is -2.44. The van der Waals surface area contributed by atoms with Crippen LogP contribution in [0.1, 0.15) is 64.9 Å². The van der Waals surface area contributed by atoms with Crippen molar-refractivity contribution in [3.8, 4) is 0 Å². The zero-order valence-corrected chi connectivity index (χ0v) is 17.1. The van der Waals surface area contributed by atoms with Crippen molar-refractivity contribution in [3.63, 3.8) is 0 Å². The molecule has 152 valence electrons. The van der Waals surface area contributed by atoms with E-state index in [0.717, 1.165) is 24.5 Å². The minimum absolute atomic E-state index is 0.138. The Balaban J connectivity index is 1.61. The highest BCUT2D eigenvalue weighted by atomic mass is 16.6. The van der Waals surface area contributed by atoms with Crippen LogP contribution >= 0.6 is 0 Å². The lowest BCUT2D eigenvalue weighted by Gasteiger charge is -2.39. The summed E-state index contributed by atoms with van der Waals surface area (Å²) in [6.07, 6.45) is 4.01. The Morgan fingerprint density at radius 2 is 1.93 bits per heavy atom. The van der Waals surface area contributed by atoms with Crippen molar-refractivity contribution in [2.75, 3.05) is 18.0 Å². The molecule has 2 amide bonds. The number of carbonyl (C=O) groups excluding carboxylic acids is 3. The number of ether oxygens (including phenoxy) is 1. The maximum absolute atomic E-state index is 12.5. The number of aromatic nitrogens is 1. The molecule has 2 saturated heterocycles. The van der Waals surface area contributed by atoms with Crippen LogP contribution in [-0.4, -0.2) is 41.5 Å². The summed E-state index contributed by atoms with van der Waals surface area (Å²) in [5.74, 6) is -0.0942. The summed E-state index contributed by atoms with van der Waals surface area (Å²) in [4.78, 5) is 42.5. The fourth-order valence-corrected chi connectivity index (χ4v) is 3.64. The molecular weight excluding hydrogens is 358 g/mol. The highest BCUT2D eigenvalue weighted by molar-refractivity contribution is 6.00. The normalized spacial score (nSPS) is 22.6. The number of nitrogens with one attached hydrogen (secondary N) is 1. The number of hydrogen-bond donors (Lipinski definition) is 1. The van der Waals surface area contributed by atoms with Gasteiger partial charge in [-0.15, -0.1) is 0 Å². The van der Waals surface area contributed by atoms with E-state index in [9.17, 15) is 14.4 Å². The van der Waals surface area contributed by atoms with E-state index in [-0.39, 0.29) is 23.7 Å². The Morgan fingerprint density at radius 1 is 1.25 bits per heavy atom. The monoisotopic (exact) mass is 387 g/mol. The molecule has 2 aliphatic rings. The average molecular weight is 387 g/mol. The molecule has 0 saturated carbocycles. The largest absolute Gasteiger partial charge is 0.460 e. The average Bonchev–Trinajstić information content (AvgIpc) is 2.61. The maximum atomic E-state index is 12.5. The highest BCUT2D eigenvalue weighted by Gasteiger charge is 2.40. The second kappa shape index (κ2) is 7.53. The molecule has 3 heterocycles. The first-order valence-corrected chi connectivity index (χ1v) is 9.85. The predicted octanol–water partition coefficient (Wildman–Crippen LogP) is 2.55. The summed E-state index contributed by atoms with van der Waals surface area (Å²) < 4.78 is 5.59. The summed E-state index contributed by atoms with van der Waals surface area (Å²) in [6.45, 7) is 9.07. The first-order chi connectivity index (χ1) is 13.1. The van der Waals surface area contributed by atoms with E-state index in [1.807, 2.05) is 39.8 Å². The van der Waals surface area contributed by atoms with Crippen LogP contribution in [0.2, 0.25) is 0 Å². The summed E-state index contributed by atoms with van der Waals surface area (Å²) in [5, 5.41) is 2.38. The molecule has 3 rings (SSSR count). The van der Waals surface area contributed by atoms with Gasteiger partial charge in [-0.25, -0.2) is 4.98 Å². The molecule has 0 bridgehead atoms. The van der Waals surface area contributed by atoms with Gasteiger partial charge < -0.3 is 9.64 Å². The molecule has 0 aromatic carbocycles. The van der Waals surface area contributed by atoms with Gasteiger partial charge in [-0.3, -0.25) is 19.7 Å². The zero-order valence-electron chi connectivity index (χ0n) is 17.1.